The molecule has 0 aromatic heterocycles. The molecule has 21 heavy (non-hydrogen) atoms. The second kappa shape index (κ2) is 4.78. The summed E-state index contributed by atoms with van der Waals surface area (Å²) in [6.07, 6.45) is 11.1. The van der Waals surface area contributed by atoms with E-state index in [9.17, 15) is 0 Å². The molecule has 0 saturated carbocycles. The Bertz CT molecular complexity index is 780. The fourth-order valence-electron chi connectivity index (χ4n) is 3.24. The predicted molar refractivity (Wildman–Crippen MR) is 89.9 cm³/mol. The summed E-state index contributed by atoms with van der Waals surface area (Å²) in [5.41, 5.74) is 6.46. The first-order valence-corrected chi connectivity index (χ1v) is 7.33. The van der Waals surface area contributed by atoms with Gasteiger partial charge in [-0.05, 0) is 23.3 Å². The van der Waals surface area contributed by atoms with E-state index in [4.69, 9.17) is 0 Å². The lowest BCUT2D eigenvalue weighted by molar-refractivity contribution is 1.05. The molecule has 1 heterocycles. The van der Waals surface area contributed by atoms with Crippen LogP contribution < -0.4 is 4.90 Å². The fourth-order valence-corrected chi connectivity index (χ4v) is 3.24. The van der Waals surface area contributed by atoms with Crippen molar-refractivity contribution in [3.8, 4) is 0 Å². The van der Waals surface area contributed by atoms with E-state index in [1.54, 1.807) is 0 Å². The van der Waals surface area contributed by atoms with Gasteiger partial charge in [0, 0.05) is 29.9 Å². The van der Waals surface area contributed by atoms with Crippen LogP contribution in [0, 0.1) is 0 Å². The molecule has 1 nitrogen and oxygen atoms in total. The summed E-state index contributed by atoms with van der Waals surface area (Å²) in [6.45, 7) is 0. The summed E-state index contributed by atoms with van der Waals surface area (Å²) >= 11 is 0. The number of hydrogen-bond donors (Lipinski definition) is 0. The highest BCUT2D eigenvalue weighted by Gasteiger charge is 2.21. The Morgan fingerprint density at radius 1 is 0.857 bits per heavy atom. The second-order valence-corrected chi connectivity index (χ2v) is 5.53. The number of benzene rings is 2. The van der Waals surface area contributed by atoms with Gasteiger partial charge in [-0.1, -0.05) is 66.8 Å². The summed E-state index contributed by atoms with van der Waals surface area (Å²) < 4.78 is 0. The zero-order valence-electron chi connectivity index (χ0n) is 12.0. The van der Waals surface area contributed by atoms with Crippen molar-refractivity contribution in [1.29, 1.82) is 0 Å². The monoisotopic (exact) mass is 271 g/mol. The quantitative estimate of drug-likeness (QED) is 0.647. The van der Waals surface area contributed by atoms with E-state index in [0.29, 0.717) is 5.92 Å². The minimum absolute atomic E-state index is 0.321. The van der Waals surface area contributed by atoms with E-state index < -0.39 is 0 Å². The van der Waals surface area contributed by atoms with Crippen molar-refractivity contribution in [3.05, 3.63) is 90.0 Å². The van der Waals surface area contributed by atoms with Gasteiger partial charge in [-0.2, -0.15) is 0 Å². The van der Waals surface area contributed by atoms with Gasteiger partial charge in [-0.3, -0.25) is 0 Å². The van der Waals surface area contributed by atoms with Gasteiger partial charge in [0.2, 0.25) is 0 Å². The molecule has 0 amide bonds. The maximum Gasteiger partial charge on any atom is 0.0487 e. The number of allylic oxidation sites excluding steroid dienone is 6. The third kappa shape index (κ3) is 1.93. The molecule has 4 rings (SSSR count). The molecule has 2 aromatic rings. The molecule has 0 radical (unpaired) electrons. The second-order valence-electron chi connectivity index (χ2n) is 5.53. The van der Waals surface area contributed by atoms with Gasteiger partial charge in [0.05, 0.1) is 0 Å². The van der Waals surface area contributed by atoms with Gasteiger partial charge in [0.25, 0.3) is 0 Å². The third-order valence-electron chi connectivity index (χ3n) is 4.30. The summed E-state index contributed by atoms with van der Waals surface area (Å²) in [4.78, 5) is 2.30. The van der Waals surface area contributed by atoms with Crippen LogP contribution in [0.2, 0.25) is 0 Å². The number of anilines is 2. The molecule has 1 heteroatoms. The largest absolute Gasteiger partial charge is 0.344 e. The molecule has 1 aliphatic carbocycles. The van der Waals surface area contributed by atoms with Crippen LogP contribution in [-0.2, 0) is 0 Å². The van der Waals surface area contributed by atoms with E-state index in [-0.39, 0.29) is 0 Å². The van der Waals surface area contributed by atoms with Crippen LogP contribution in [0.3, 0.4) is 0 Å². The lowest BCUT2D eigenvalue weighted by atomic mass is 9.90. The number of hydrogen-bond acceptors (Lipinski definition) is 1. The fraction of sp³-hybridized carbons (Fsp3) is 0.100. The first-order valence-electron chi connectivity index (χ1n) is 7.33. The molecule has 1 unspecified atom stereocenters. The molecule has 2 bridgehead atoms. The van der Waals surface area contributed by atoms with E-state index >= 15 is 0 Å². The van der Waals surface area contributed by atoms with Gasteiger partial charge in [0.1, 0.15) is 0 Å². The van der Waals surface area contributed by atoms with Gasteiger partial charge in [-0.15, -0.1) is 0 Å². The van der Waals surface area contributed by atoms with Crippen LogP contribution in [0.25, 0.3) is 5.57 Å². The van der Waals surface area contributed by atoms with Crippen molar-refractivity contribution in [2.45, 2.75) is 5.92 Å². The zero-order chi connectivity index (χ0) is 14.2. The average molecular weight is 271 g/mol. The molecule has 0 saturated heterocycles. The maximum absolute atomic E-state index is 2.37. The zero-order valence-corrected chi connectivity index (χ0v) is 12.0. The minimum atomic E-state index is 0.321. The van der Waals surface area contributed by atoms with Crippen LogP contribution in [0.1, 0.15) is 17.0 Å². The van der Waals surface area contributed by atoms with Gasteiger partial charge in [0.15, 0.2) is 0 Å². The number of fused-ring (bicyclic) bond motifs is 5. The highest BCUT2D eigenvalue weighted by molar-refractivity contribution is 5.88. The molecule has 2 aliphatic rings. The SMILES string of the molecule is CN1c2ccccc2C2=CC(C=CC=C2)c2ccccc21. The molecular weight excluding hydrogens is 254 g/mol. The van der Waals surface area contributed by atoms with Gasteiger partial charge >= 0.3 is 0 Å². The Morgan fingerprint density at radius 3 is 2.52 bits per heavy atom. The molecule has 0 fully saturated rings. The van der Waals surface area contributed by atoms with E-state index in [1.807, 2.05) is 0 Å². The Labute approximate surface area is 125 Å². The first-order chi connectivity index (χ1) is 10.3. The number of nitrogens with zero attached hydrogens (tertiary/aromatic N) is 1. The van der Waals surface area contributed by atoms with Crippen molar-refractivity contribution in [3.63, 3.8) is 0 Å². The molecular formula is C20H17N. The Balaban J connectivity index is 2.06. The summed E-state index contributed by atoms with van der Waals surface area (Å²) in [6, 6.07) is 17.3. The third-order valence-corrected chi connectivity index (χ3v) is 4.30. The Kier molecular flexibility index (Phi) is 2.78. The Hall–Kier alpha value is -2.54. The molecule has 1 aliphatic heterocycles. The van der Waals surface area contributed by atoms with Crippen LogP contribution >= 0.6 is 0 Å². The summed E-state index contributed by atoms with van der Waals surface area (Å²) in [5.74, 6) is 0.321. The lowest BCUT2D eigenvalue weighted by Crippen LogP contribution is -2.16. The van der Waals surface area contributed by atoms with Crippen LogP contribution in [-0.4, -0.2) is 7.05 Å². The predicted octanol–water partition coefficient (Wildman–Crippen LogP) is 5.06. The summed E-state index contributed by atoms with van der Waals surface area (Å²) in [5, 5.41) is 0. The maximum atomic E-state index is 2.37. The number of para-hydroxylation sites is 2. The van der Waals surface area contributed by atoms with Crippen molar-refractivity contribution in [1.82, 2.24) is 0 Å². The number of rotatable bonds is 0. The summed E-state index contributed by atoms with van der Waals surface area (Å²) in [7, 11) is 2.16. The van der Waals surface area contributed by atoms with E-state index in [1.165, 1.54) is 28.1 Å². The molecule has 0 N–H and O–H groups in total. The molecule has 2 aromatic carbocycles. The first kappa shape index (κ1) is 12.2. The van der Waals surface area contributed by atoms with E-state index in [0.717, 1.165) is 0 Å². The Morgan fingerprint density at radius 2 is 1.62 bits per heavy atom. The minimum Gasteiger partial charge on any atom is -0.344 e. The van der Waals surface area contributed by atoms with Crippen LogP contribution in [0.5, 0.6) is 0 Å². The van der Waals surface area contributed by atoms with Crippen molar-refractivity contribution >= 4 is 16.9 Å². The van der Waals surface area contributed by atoms with Crippen molar-refractivity contribution < 1.29 is 0 Å². The van der Waals surface area contributed by atoms with E-state index in [2.05, 4.69) is 90.9 Å². The average Bonchev–Trinajstić information content (AvgIpc) is 2.80. The van der Waals surface area contributed by atoms with Gasteiger partial charge < -0.3 is 4.90 Å². The normalized spacial score (nSPS) is 19.0. The van der Waals surface area contributed by atoms with Crippen LogP contribution in [0.4, 0.5) is 11.4 Å². The van der Waals surface area contributed by atoms with Gasteiger partial charge in [-0.25, -0.2) is 0 Å². The van der Waals surface area contributed by atoms with Crippen molar-refractivity contribution in [2.24, 2.45) is 0 Å². The smallest absolute Gasteiger partial charge is 0.0487 e. The van der Waals surface area contributed by atoms with Crippen LogP contribution in [0.15, 0.2) is 78.9 Å². The molecule has 102 valence electrons. The lowest BCUT2D eigenvalue weighted by Gasteiger charge is -2.29. The standard InChI is InChI=1S/C20H17N/c1-21-19-12-6-4-10-17(19)15-8-2-3-9-16(14-15)18-11-5-7-13-20(18)21/h2-15H,1H3. The topological polar surface area (TPSA) is 3.24 Å². The molecule has 0 spiro atoms. The highest BCUT2D eigenvalue weighted by atomic mass is 15.1. The highest BCUT2D eigenvalue weighted by Crippen LogP contribution is 2.41. The van der Waals surface area contributed by atoms with Crippen molar-refractivity contribution in [2.75, 3.05) is 11.9 Å². The molecule has 1 atom stereocenters.